The topological polar surface area (TPSA) is 59.3 Å². The zero-order valence-corrected chi connectivity index (χ0v) is 15.3. The second-order valence-electron chi connectivity index (χ2n) is 5.44. The van der Waals surface area contributed by atoms with Crippen LogP contribution in [0.3, 0.4) is 0 Å². The van der Waals surface area contributed by atoms with Crippen LogP contribution in [-0.4, -0.2) is 21.7 Å². The van der Waals surface area contributed by atoms with Crippen molar-refractivity contribution < 1.29 is 4.79 Å². The molecule has 3 rings (SSSR count). The Labute approximate surface area is 155 Å². The summed E-state index contributed by atoms with van der Waals surface area (Å²) in [6, 6.07) is 10.5. The third-order valence-electron chi connectivity index (χ3n) is 3.88. The van der Waals surface area contributed by atoms with Gasteiger partial charge in [0, 0.05) is 17.7 Å². The summed E-state index contributed by atoms with van der Waals surface area (Å²) in [5, 5.41) is 4.87. The van der Waals surface area contributed by atoms with E-state index in [0.717, 1.165) is 23.4 Å². The maximum atomic E-state index is 12.3. The Hall–Kier alpha value is -2.37. The lowest BCUT2D eigenvalue weighted by Crippen LogP contribution is -2.17. The Morgan fingerprint density at radius 3 is 2.68 bits per heavy atom. The number of nitrogens with one attached hydrogen (secondary N) is 1. The summed E-state index contributed by atoms with van der Waals surface area (Å²) in [7, 11) is 0. The normalized spacial score (nSPS) is 11.4. The molecular formula is C18H16Cl2N4O. The lowest BCUT2D eigenvalue weighted by atomic mass is 10.2. The quantitative estimate of drug-likeness (QED) is 0.542. The van der Waals surface area contributed by atoms with Crippen LogP contribution in [0.4, 0.5) is 0 Å². The molecule has 128 valence electrons. The van der Waals surface area contributed by atoms with E-state index in [4.69, 9.17) is 23.2 Å². The molecule has 0 bridgehead atoms. The molecule has 0 saturated heterocycles. The predicted octanol–water partition coefficient (Wildman–Crippen LogP) is 4.44. The number of nitrogens with zero attached hydrogens (tertiary/aromatic N) is 3. The molecule has 0 unspecified atom stereocenters. The summed E-state index contributed by atoms with van der Waals surface area (Å²) in [4.78, 5) is 16.8. The molecule has 0 radical (unpaired) electrons. The van der Waals surface area contributed by atoms with E-state index < -0.39 is 0 Å². The number of aryl methyl sites for hydroxylation is 2. The fraction of sp³-hybridized carbons (Fsp3) is 0.167. The maximum absolute atomic E-state index is 12.3. The number of hydrazone groups is 1. The highest BCUT2D eigenvalue weighted by atomic mass is 35.5. The Morgan fingerprint density at radius 2 is 2.00 bits per heavy atom. The number of hydrogen-bond donors (Lipinski definition) is 1. The van der Waals surface area contributed by atoms with Gasteiger partial charge in [0.25, 0.3) is 5.91 Å². The van der Waals surface area contributed by atoms with E-state index in [-0.39, 0.29) is 5.91 Å². The molecule has 0 aliphatic rings. The smallest absolute Gasteiger partial charge is 0.271 e. The molecule has 3 aromatic rings. The minimum Gasteiger partial charge on any atom is -0.329 e. The molecule has 25 heavy (non-hydrogen) atoms. The van der Waals surface area contributed by atoms with Gasteiger partial charge in [-0.25, -0.2) is 10.4 Å². The number of imidazole rings is 1. The fourth-order valence-corrected chi connectivity index (χ4v) is 3.14. The number of carbonyl (C=O) groups is 1. The van der Waals surface area contributed by atoms with Crippen molar-refractivity contribution in [2.75, 3.05) is 0 Å². The third-order valence-corrected chi connectivity index (χ3v) is 4.54. The third kappa shape index (κ3) is 3.52. The van der Waals surface area contributed by atoms with Crippen LogP contribution in [-0.2, 0) is 6.54 Å². The highest BCUT2D eigenvalue weighted by Gasteiger charge is 2.10. The molecule has 0 fully saturated rings. The Balaban J connectivity index is 1.79. The average molecular weight is 375 g/mol. The number of carbonyl (C=O) groups excluding carboxylic acids is 1. The van der Waals surface area contributed by atoms with Gasteiger partial charge in [-0.05, 0) is 44.2 Å². The molecule has 1 heterocycles. The molecule has 0 aliphatic carbocycles. The van der Waals surface area contributed by atoms with Gasteiger partial charge in [-0.1, -0.05) is 29.3 Å². The van der Waals surface area contributed by atoms with Crippen LogP contribution in [0.5, 0.6) is 0 Å². The van der Waals surface area contributed by atoms with Gasteiger partial charge >= 0.3 is 0 Å². The summed E-state index contributed by atoms with van der Waals surface area (Å²) < 4.78 is 2.09. The molecule has 0 spiro atoms. The molecule has 1 N–H and O–H groups in total. The van der Waals surface area contributed by atoms with Crippen molar-refractivity contribution >= 4 is 46.4 Å². The molecule has 2 aromatic carbocycles. The Morgan fingerprint density at radius 1 is 1.28 bits per heavy atom. The molecule has 1 amide bonds. The number of rotatable bonds is 4. The monoisotopic (exact) mass is 374 g/mol. The number of fused-ring (bicyclic) bond motifs is 1. The van der Waals surface area contributed by atoms with Crippen molar-refractivity contribution in [2.45, 2.75) is 20.4 Å². The van der Waals surface area contributed by atoms with Gasteiger partial charge in [-0.3, -0.25) is 4.79 Å². The second-order valence-corrected chi connectivity index (χ2v) is 6.26. The van der Waals surface area contributed by atoms with E-state index >= 15 is 0 Å². The van der Waals surface area contributed by atoms with Crippen LogP contribution in [0.15, 0.2) is 41.5 Å². The SMILES string of the molecule is CCn1c(C)nc2cc(C(=O)NN=Cc3c(Cl)cccc3Cl)ccc21. The minimum atomic E-state index is -0.329. The second kappa shape index (κ2) is 7.25. The van der Waals surface area contributed by atoms with Crippen molar-refractivity contribution in [1.82, 2.24) is 15.0 Å². The summed E-state index contributed by atoms with van der Waals surface area (Å²) in [5.74, 6) is 0.589. The van der Waals surface area contributed by atoms with Gasteiger partial charge < -0.3 is 4.57 Å². The van der Waals surface area contributed by atoms with Crippen molar-refractivity contribution in [3.63, 3.8) is 0 Å². The summed E-state index contributed by atoms with van der Waals surface area (Å²) >= 11 is 12.1. The van der Waals surface area contributed by atoms with Crippen LogP contribution in [0, 0.1) is 6.92 Å². The predicted molar refractivity (Wildman–Crippen MR) is 102 cm³/mol. The number of benzene rings is 2. The Bertz CT molecular complexity index is 958. The largest absolute Gasteiger partial charge is 0.329 e. The van der Waals surface area contributed by atoms with E-state index in [1.54, 1.807) is 30.3 Å². The van der Waals surface area contributed by atoms with Crippen LogP contribution in [0.25, 0.3) is 11.0 Å². The first-order valence-electron chi connectivity index (χ1n) is 7.75. The van der Waals surface area contributed by atoms with E-state index in [1.807, 2.05) is 13.0 Å². The number of halogens is 2. The Kier molecular flexibility index (Phi) is 5.06. The zero-order chi connectivity index (χ0) is 18.0. The van der Waals surface area contributed by atoms with Crippen LogP contribution in [0.1, 0.15) is 28.7 Å². The van der Waals surface area contributed by atoms with Crippen molar-refractivity contribution in [3.8, 4) is 0 Å². The van der Waals surface area contributed by atoms with Gasteiger partial charge in [0.1, 0.15) is 5.82 Å². The van der Waals surface area contributed by atoms with E-state index in [9.17, 15) is 4.79 Å². The molecule has 0 saturated carbocycles. The molecule has 7 heteroatoms. The molecule has 0 aliphatic heterocycles. The first-order chi connectivity index (χ1) is 12.0. The van der Waals surface area contributed by atoms with E-state index in [0.29, 0.717) is 21.2 Å². The maximum Gasteiger partial charge on any atom is 0.271 e. The van der Waals surface area contributed by atoms with E-state index in [2.05, 4.69) is 27.0 Å². The van der Waals surface area contributed by atoms with Gasteiger partial charge in [0.2, 0.25) is 0 Å². The molecule has 0 atom stereocenters. The first-order valence-corrected chi connectivity index (χ1v) is 8.51. The van der Waals surface area contributed by atoms with Crippen molar-refractivity contribution in [2.24, 2.45) is 5.10 Å². The van der Waals surface area contributed by atoms with E-state index in [1.165, 1.54) is 6.21 Å². The first kappa shape index (κ1) is 17.5. The molecule has 5 nitrogen and oxygen atoms in total. The number of hydrogen-bond acceptors (Lipinski definition) is 3. The van der Waals surface area contributed by atoms with Gasteiger partial charge in [-0.15, -0.1) is 0 Å². The van der Waals surface area contributed by atoms with Crippen LogP contribution in [0.2, 0.25) is 10.0 Å². The zero-order valence-electron chi connectivity index (χ0n) is 13.8. The van der Waals surface area contributed by atoms with Gasteiger partial charge in [0.15, 0.2) is 0 Å². The van der Waals surface area contributed by atoms with Crippen LogP contribution >= 0.6 is 23.2 Å². The lowest BCUT2D eigenvalue weighted by Gasteiger charge is -2.03. The summed E-state index contributed by atoms with van der Waals surface area (Å²) in [6.45, 7) is 4.83. The number of aromatic nitrogens is 2. The van der Waals surface area contributed by atoms with Gasteiger partial charge in [0.05, 0.1) is 27.3 Å². The summed E-state index contributed by atoms with van der Waals surface area (Å²) in [5.41, 5.74) is 5.30. The molecular weight excluding hydrogens is 359 g/mol. The lowest BCUT2D eigenvalue weighted by molar-refractivity contribution is 0.0955. The molecule has 1 aromatic heterocycles. The van der Waals surface area contributed by atoms with Crippen molar-refractivity contribution in [3.05, 3.63) is 63.4 Å². The van der Waals surface area contributed by atoms with Crippen molar-refractivity contribution in [1.29, 1.82) is 0 Å². The fourth-order valence-electron chi connectivity index (χ4n) is 2.64. The number of amides is 1. The minimum absolute atomic E-state index is 0.329. The standard InChI is InChI=1S/C18H16Cl2N4O/c1-3-24-11(2)22-16-9-12(7-8-17(16)24)18(25)23-21-10-13-14(19)5-4-6-15(13)20/h4-10H,3H2,1-2H3,(H,23,25). The highest BCUT2D eigenvalue weighted by Crippen LogP contribution is 2.22. The van der Waals surface area contributed by atoms with Crippen LogP contribution < -0.4 is 5.43 Å². The summed E-state index contributed by atoms with van der Waals surface area (Å²) in [6.07, 6.45) is 1.43. The average Bonchev–Trinajstić information content (AvgIpc) is 2.91. The van der Waals surface area contributed by atoms with Gasteiger partial charge in [-0.2, -0.15) is 5.10 Å². The highest BCUT2D eigenvalue weighted by molar-refractivity contribution is 6.38.